The molecule has 0 bridgehead atoms. The highest BCUT2D eigenvalue weighted by molar-refractivity contribution is 7.98. The van der Waals surface area contributed by atoms with E-state index in [1.165, 1.54) is 11.1 Å². The van der Waals surface area contributed by atoms with E-state index >= 15 is 0 Å². The number of thioether (sulfide) groups is 1. The van der Waals surface area contributed by atoms with Gasteiger partial charge in [0, 0.05) is 33.8 Å². The van der Waals surface area contributed by atoms with Gasteiger partial charge in [0.25, 0.3) is 0 Å². The van der Waals surface area contributed by atoms with Crippen molar-refractivity contribution in [1.29, 1.82) is 0 Å². The van der Waals surface area contributed by atoms with Gasteiger partial charge in [0.1, 0.15) is 5.01 Å². The number of aromatic nitrogens is 4. The molecule has 0 N–H and O–H groups in total. The van der Waals surface area contributed by atoms with Crippen molar-refractivity contribution in [2.45, 2.75) is 24.4 Å². The number of halogens is 2. The van der Waals surface area contributed by atoms with E-state index in [1.54, 1.807) is 35.2 Å². The van der Waals surface area contributed by atoms with Gasteiger partial charge in [-0.15, -0.1) is 28.1 Å². The Balaban J connectivity index is 1.56. The first-order chi connectivity index (χ1) is 14.6. The van der Waals surface area contributed by atoms with Crippen molar-refractivity contribution in [2.24, 2.45) is 0 Å². The van der Waals surface area contributed by atoms with Gasteiger partial charge in [-0.2, -0.15) is 0 Å². The van der Waals surface area contributed by atoms with Crippen LogP contribution >= 0.6 is 46.3 Å². The van der Waals surface area contributed by atoms with Gasteiger partial charge in [-0.05, 0) is 30.7 Å². The van der Waals surface area contributed by atoms with Crippen LogP contribution in [0.15, 0.2) is 65.7 Å². The molecule has 4 nitrogen and oxygen atoms in total. The molecule has 0 spiro atoms. The molecule has 2 aromatic heterocycles. The molecule has 152 valence electrons. The van der Waals surface area contributed by atoms with Crippen LogP contribution in [0.5, 0.6) is 0 Å². The van der Waals surface area contributed by atoms with E-state index in [4.69, 9.17) is 28.2 Å². The van der Waals surface area contributed by atoms with Crippen LogP contribution in [-0.2, 0) is 12.3 Å². The summed E-state index contributed by atoms with van der Waals surface area (Å²) in [7, 11) is 0. The van der Waals surface area contributed by atoms with Gasteiger partial charge < -0.3 is 0 Å². The SMILES string of the molecule is C=CCn1c(SCc2csc(-c3ccccc3C)n2)nnc1-c1ccc(Cl)cc1Cl. The molecule has 0 aliphatic heterocycles. The second kappa shape index (κ2) is 9.35. The molecule has 4 rings (SSSR count). The average molecular weight is 473 g/mol. The van der Waals surface area contributed by atoms with Gasteiger partial charge in [0.15, 0.2) is 11.0 Å². The number of allylic oxidation sites excluding steroid dienone is 1. The zero-order valence-corrected chi connectivity index (χ0v) is 19.3. The van der Waals surface area contributed by atoms with E-state index in [9.17, 15) is 0 Å². The third-order valence-corrected chi connectivity index (χ3v) is 6.95. The minimum atomic E-state index is 0.541. The maximum Gasteiger partial charge on any atom is 0.192 e. The molecule has 0 amide bonds. The Morgan fingerprint density at radius 3 is 2.73 bits per heavy atom. The molecule has 0 aliphatic carbocycles. The Bertz CT molecular complexity index is 1200. The van der Waals surface area contributed by atoms with Crippen molar-refractivity contribution < 1.29 is 0 Å². The van der Waals surface area contributed by atoms with Gasteiger partial charge >= 0.3 is 0 Å². The first-order valence-corrected chi connectivity index (χ1v) is 11.8. The summed E-state index contributed by atoms with van der Waals surface area (Å²) in [5.74, 6) is 1.39. The summed E-state index contributed by atoms with van der Waals surface area (Å²) in [6.07, 6.45) is 1.82. The fourth-order valence-corrected chi connectivity index (χ4v) is 5.36. The molecule has 0 radical (unpaired) electrons. The third-order valence-electron chi connectivity index (χ3n) is 4.48. The Morgan fingerprint density at radius 2 is 1.97 bits per heavy atom. The Labute approximate surface area is 193 Å². The zero-order valence-electron chi connectivity index (χ0n) is 16.2. The van der Waals surface area contributed by atoms with E-state index in [1.807, 2.05) is 28.8 Å². The zero-order chi connectivity index (χ0) is 21.1. The highest BCUT2D eigenvalue weighted by atomic mass is 35.5. The summed E-state index contributed by atoms with van der Waals surface area (Å²) < 4.78 is 2.00. The standard InChI is InChI=1S/C22H18Cl2N4S2/c1-3-10-28-20(18-9-8-15(23)11-19(18)24)26-27-22(28)30-13-16-12-29-21(25-16)17-7-5-4-6-14(17)2/h3-9,11-12H,1,10,13H2,2H3. The predicted molar refractivity (Wildman–Crippen MR) is 128 cm³/mol. The lowest BCUT2D eigenvalue weighted by Gasteiger charge is -2.08. The van der Waals surface area contributed by atoms with Crippen molar-refractivity contribution in [3.63, 3.8) is 0 Å². The number of hydrogen-bond acceptors (Lipinski definition) is 5. The Kier molecular flexibility index (Phi) is 6.58. The van der Waals surface area contributed by atoms with Crippen LogP contribution in [0.4, 0.5) is 0 Å². The van der Waals surface area contributed by atoms with Crippen LogP contribution in [0.25, 0.3) is 22.0 Å². The van der Waals surface area contributed by atoms with Crippen LogP contribution in [0, 0.1) is 6.92 Å². The molecule has 4 aromatic rings. The normalized spacial score (nSPS) is 11.0. The molecule has 8 heteroatoms. The smallest absolute Gasteiger partial charge is 0.192 e. The lowest BCUT2D eigenvalue weighted by molar-refractivity contribution is 0.731. The molecule has 2 aromatic carbocycles. The van der Waals surface area contributed by atoms with Gasteiger partial charge in [0.05, 0.1) is 10.7 Å². The predicted octanol–water partition coefficient (Wildman–Crippen LogP) is 7.16. The lowest BCUT2D eigenvalue weighted by Crippen LogP contribution is -2.01. The first kappa shape index (κ1) is 21.1. The summed E-state index contributed by atoms with van der Waals surface area (Å²) >= 11 is 15.7. The van der Waals surface area contributed by atoms with Crippen molar-refractivity contribution >= 4 is 46.3 Å². The molecular weight excluding hydrogens is 455 g/mol. The topological polar surface area (TPSA) is 43.6 Å². The van der Waals surface area contributed by atoms with E-state index < -0.39 is 0 Å². The maximum atomic E-state index is 6.39. The quantitative estimate of drug-likeness (QED) is 0.211. The molecule has 0 saturated carbocycles. The molecular formula is C22H18Cl2N4S2. The second-order valence-corrected chi connectivity index (χ2v) is 9.22. The van der Waals surface area contributed by atoms with E-state index in [2.05, 4.69) is 41.2 Å². The number of aryl methyl sites for hydroxylation is 1. The van der Waals surface area contributed by atoms with Crippen molar-refractivity contribution in [2.75, 3.05) is 0 Å². The summed E-state index contributed by atoms with van der Waals surface area (Å²) in [5.41, 5.74) is 4.20. The molecule has 0 fully saturated rings. The van der Waals surface area contributed by atoms with E-state index in [-0.39, 0.29) is 0 Å². The Hall–Kier alpha value is -2.12. The fraction of sp³-hybridized carbons (Fsp3) is 0.136. The van der Waals surface area contributed by atoms with Crippen LogP contribution in [0.1, 0.15) is 11.3 Å². The summed E-state index contributed by atoms with van der Waals surface area (Å²) in [5, 5.41) is 13.8. The van der Waals surface area contributed by atoms with Gasteiger partial charge in [-0.3, -0.25) is 4.57 Å². The van der Waals surface area contributed by atoms with E-state index in [0.29, 0.717) is 28.2 Å². The highest BCUT2D eigenvalue weighted by Crippen LogP contribution is 2.33. The molecule has 0 saturated heterocycles. The summed E-state index contributed by atoms with van der Waals surface area (Å²) in [6.45, 7) is 6.54. The summed E-state index contributed by atoms with van der Waals surface area (Å²) in [6, 6.07) is 13.7. The van der Waals surface area contributed by atoms with Crippen molar-refractivity contribution in [1.82, 2.24) is 19.7 Å². The molecule has 0 aliphatic rings. The Morgan fingerprint density at radius 1 is 1.13 bits per heavy atom. The second-order valence-electron chi connectivity index (χ2n) is 6.58. The van der Waals surface area contributed by atoms with Gasteiger partial charge in [-0.1, -0.05) is 65.3 Å². The van der Waals surface area contributed by atoms with Gasteiger partial charge in [-0.25, -0.2) is 4.98 Å². The minimum absolute atomic E-state index is 0.541. The first-order valence-electron chi connectivity index (χ1n) is 9.19. The van der Waals surface area contributed by atoms with Crippen LogP contribution in [-0.4, -0.2) is 19.7 Å². The number of nitrogens with zero attached hydrogens (tertiary/aromatic N) is 4. The molecule has 30 heavy (non-hydrogen) atoms. The minimum Gasteiger partial charge on any atom is -0.298 e. The van der Waals surface area contributed by atoms with E-state index in [0.717, 1.165) is 21.4 Å². The van der Waals surface area contributed by atoms with Crippen LogP contribution in [0.3, 0.4) is 0 Å². The lowest BCUT2D eigenvalue weighted by atomic mass is 10.1. The highest BCUT2D eigenvalue weighted by Gasteiger charge is 2.17. The third kappa shape index (κ3) is 4.47. The average Bonchev–Trinajstić information content (AvgIpc) is 3.35. The van der Waals surface area contributed by atoms with Crippen LogP contribution in [0.2, 0.25) is 10.0 Å². The molecule has 2 heterocycles. The largest absolute Gasteiger partial charge is 0.298 e. The van der Waals surface area contributed by atoms with Crippen molar-refractivity contribution in [3.05, 3.63) is 81.8 Å². The van der Waals surface area contributed by atoms with Crippen LogP contribution < -0.4 is 0 Å². The number of benzene rings is 2. The van der Waals surface area contributed by atoms with Gasteiger partial charge in [0.2, 0.25) is 0 Å². The summed E-state index contributed by atoms with van der Waals surface area (Å²) in [4.78, 5) is 4.81. The monoisotopic (exact) mass is 472 g/mol. The molecule has 0 atom stereocenters. The fourth-order valence-electron chi connectivity index (χ4n) is 3.01. The number of rotatable bonds is 7. The number of hydrogen-bond donors (Lipinski definition) is 0. The maximum absolute atomic E-state index is 6.39. The van der Waals surface area contributed by atoms with Crippen molar-refractivity contribution in [3.8, 4) is 22.0 Å². The molecule has 0 unspecified atom stereocenters. The number of thiazole rings is 1.